The van der Waals surface area contributed by atoms with Gasteiger partial charge in [-0.2, -0.15) is 0 Å². The van der Waals surface area contributed by atoms with Gasteiger partial charge >= 0.3 is 0 Å². The highest BCUT2D eigenvalue weighted by Gasteiger charge is 2.63. The highest BCUT2D eigenvalue weighted by Crippen LogP contribution is 2.53. The van der Waals surface area contributed by atoms with Gasteiger partial charge in [-0.25, -0.2) is 0 Å². The van der Waals surface area contributed by atoms with Gasteiger partial charge in [-0.1, -0.05) is 73.5 Å². The largest absolute Gasteiger partial charge is 0.497 e. The van der Waals surface area contributed by atoms with E-state index in [0.29, 0.717) is 42.1 Å². The van der Waals surface area contributed by atoms with E-state index in [0.717, 1.165) is 24.0 Å². The SMILES string of the molecule is COc1ccc(N(C)C(=O)[C@H](Cc2ccccc2)NC(=O)C2CCCCC2C(=O)NC2(C(=O)N(C)c3ccc(OC)cc3)CC2c2ccccc2)cc1. The molecule has 5 atom stereocenters. The van der Waals surface area contributed by atoms with E-state index in [-0.39, 0.29) is 36.0 Å². The third-order valence-corrected chi connectivity index (χ3v) is 10.8. The maximum Gasteiger partial charge on any atom is 0.253 e. The molecule has 10 nitrogen and oxygen atoms in total. The molecule has 4 amide bonds. The zero-order valence-corrected chi connectivity index (χ0v) is 30.8. The second-order valence-corrected chi connectivity index (χ2v) is 14.0. The first-order valence-corrected chi connectivity index (χ1v) is 18.2. The van der Waals surface area contributed by atoms with Crippen LogP contribution in [-0.4, -0.2) is 63.5 Å². The number of ether oxygens (including phenoxy) is 2. The molecule has 0 saturated heterocycles. The number of anilines is 2. The van der Waals surface area contributed by atoms with Crippen molar-refractivity contribution >= 4 is 35.0 Å². The van der Waals surface area contributed by atoms with Crippen LogP contribution in [0.1, 0.15) is 49.1 Å². The van der Waals surface area contributed by atoms with Crippen LogP contribution in [0.25, 0.3) is 0 Å². The molecule has 0 aromatic heterocycles. The van der Waals surface area contributed by atoms with Gasteiger partial charge in [0.25, 0.3) is 5.91 Å². The summed E-state index contributed by atoms with van der Waals surface area (Å²) in [5, 5.41) is 6.25. The molecule has 0 aliphatic heterocycles. The number of likely N-dealkylation sites (N-methyl/N-ethyl adjacent to an activating group) is 2. The molecule has 6 rings (SSSR count). The van der Waals surface area contributed by atoms with Crippen molar-refractivity contribution < 1.29 is 28.7 Å². The summed E-state index contributed by atoms with van der Waals surface area (Å²) in [7, 11) is 6.56. The summed E-state index contributed by atoms with van der Waals surface area (Å²) in [6.45, 7) is 0. The molecular weight excluding hydrogens is 668 g/mol. The monoisotopic (exact) mass is 716 g/mol. The Morgan fingerprint density at radius 3 is 1.75 bits per heavy atom. The molecule has 2 aliphatic carbocycles. The summed E-state index contributed by atoms with van der Waals surface area (Å²) in [5.41, 5.74) is 2.02. The molecule has 276 valence electrons. The summed E-state index contributed by atoms with van der Waals surface area (Å²) in [6.07, 6.45) is 3.28. The van der Waals surface area contributed by atoms with Crippen LogP contribution in [0.2, 0.25) is 0 Å². The molecule has 4 aromatic rings. The highest BCUT2D eigenvalue weighted by atomic mass is 16.5. The number of carbonyl (C=O) groups excluding carboxylic acids is 4. The van der Waals surface area contributed by atoms with Gasteiger partial charge < -0.3 is 29.9 Å². The van der Waals surface area contributed by atoms with E-state index < -0.39 is 23.4 Å². The van der Waals surface area contributed by atoms with Crippen molar-refractivity contribution in [1.82, 2.24) is 10.6 Å². The predicted molar refractivity (Wildman–Crippen MR) is 205 cm³/mol. The van der Waals surface area contributed by atoms with Crippen LogP contribution in [0.3, 0.4) is 0 Å². The fourth-order valence-electron chi connectivity index (χ4n) is 7.57. The molecule has 53 heavy (non-hydrogen) atoms. The number of amides is 4. The normalized spacial score (nSPS) is 21.0. The predicted octanol–water partition coefficient (Wildman–Crippen LogP) is 5.91. The van der Waals surface area contributed by atoms with Crippen molar-refractivity contribution in [2.45, 2.75) is 56.0 Å². The number of rotatable bonds is 13. The summed E-state index contributed by atoms with van der Waals surface area (Å²) in [6, 6.07) is 32.8. The lowest BCUT2D eigenvalue weighted by atomic mass is 9.77. The van der Waals surface area contributed by atoms with Gasteiger partial charge in [-0.05, 0) is 78.9 Å². The van der Waals surface area contributed by atoms with Crippen molar-refractivity contribution in [3.63, 3.8) is 0 Å². The first-order chi connectivity index (χ1) is 25.6. The van der Waals surface area contributed by atoms with E-state index >= 15 is 0 Å². The molecular formula is C43H48N4O6. The zero-order chi connectivity index (χ0) is 37.5. The first-order valence-electron chi connectivity index (χ1n) is 18.2. The minimum absolute atomic E-state index is 0.224. The van der Waals surface area contributed by atoms with Crippen molar-refractivity contribution in [2.24, 2.45) is 11.8 Å². The summed E-state index contributed by atoms with van der Waals surface area (Å²) in [5.74, 6) is -1.37. The Morgan fingerprint density at radius 1 is 0.698 bits per heavy atom. The van der Waals surface area contributed by atoms with Gasteiger partial charge in [0.2, 0.25) is 17.7 Å². The van der Waals surface area contributed by atoms with Crippen LogP contribution in [0, 0.1) is 11.8 Å². The van der Waals surface area contributed by atoms with Crippen LogP contribution in [-0.2, 0) is 25.6 Å². The summed E-state index contributed by atoms with van der Waals surface area (Å²) >= 11 is 0. The molecule has 2 fully saturated rings. The summed E-state index contributed by atoms with van der Waals surface area (Å²) < 4.78 is 10.6. The molecule has 0 radical (unpaired) electrons. The second kappa shape index (κ2) is 16.4. The Labute approximate surface area is 311 Å². The Balaban J connectivity index is 1.23. The van der Waals surface area contributed by atoms with Crippen LogP contribution in [0.15, 0.2) is 109 Å². The van der Waals surface area contributed by atoms with E-state index in [1.54, 1.807) is 69.6 Å². The molecule has 0 bridgehead atoms. The van der Waals surface area contributed by atoms with Gasteiger partial charge in [0, 0.05) is 49.6 Å². The molecule has 2 N–H and O–H groups in total. The third-order valence-electron chi connectivity index (χ3n) is 10.8. The molecule has 10 heteroatoms. The zero-order valence-electron chi connectivity index (χ0n) is 30.8. The molecule has 4 unspecified atom stereocenters. The van der Waals surface area contributed by atoms with E-state index in [2.05, 4.69) is 10.6 Å². The number of carbonyl (C=O) groups is 4. The van der Waals surface area contributed by atoms with Gasteiger partial charge in [0.15, 0.2) is 0 Å². The Bertz CT molecular complexity index is 1890. The smallest absolute Gasteiger partial charge is 0.253 e. The molecule has 0 heterocycles. The second-order valence-electron chi connectivity index (χ2n) is 14.0. The average Bonchev–Trinajstić information content (AvgIpc) is 3.94. The van der Waals surface area contributed by atoms with Crippen LogP contribution < -0.4 is 29.9 Å². The number of nitrogens with one attached hydrogen (secondary N) is 2. The lowest BCUT2D eigenvalue weighted by Crippen LogP contribution is -2.55. The van der Waals surface area contributed by atoms with Gasteiger partial charge in [-0.15, -0.1) is 0 Å². The maximum atomic E-state index is 14.4. The summed E-state index contributed by atoms with van der Waals surface area (Å²) in [4.78, 5) is 60.1. The van der Waals surface area contributed by atoms with Crippen molar-refractivity contribution in [3.8, 4) is 11.5 Å². The van der Waals surface area contributed by atoms with Crippen molar-refractivity contribution in [2.75, 3.05) is 38.1 Å². The average molecular weight is 717 g/mol. The Hall–Kier alpha value is -5.64. The van der Waals surface area contributed by atoms with E-state index in [1.165, 1.54) is 4.90 Å². The topological polar surface area (TPSA) is 117 Å². The highest BCUT2D eigenvalue weighted by molar-refractivity contribution is 6.06. The molecule has 2 saturated carbocycles. The van der Waals surface area contributed by atoms with Crippen molar-refractivity contribution in [3.05, 3.63) is 120 Å². The Kier molecular flexibility index (Phi) is 11.5. The molecule has 2 aliphatic rings. The lowest BCUT2D eigenvalue weighted by Gasteiger charge is -2.33. The quantitative estimate of drug-likeness (QED) is 0.178. The van der Waals surface area contributed by atoms with Crippen molar-refractivity contribution in [1.29, 1.82) is 0 Å². The van der Waals surface area contributed by atoms with E-state index in [4.69, 9.17) is 9.47 Å². The third kappa shape index (κ3) is 8.22. The number of methoxy groups -OCH3 is 2. The van der Waals surface area contributed by atoms with E-state index in [9.17, 15) is 19.2 Å². The minimum atomic E-state index is -1.17. The minimum Gasteiger partial charge on any atom is -0.497 e. The Morgan fingerprint density at radius 2 is 1.21 bits per heavy atom. The van der Waals surface area contributed by atoms with Crippen LogP contribution in [0.5, 0.6) is 11.5 Å². The van der Waals surface area contributed by atoms with Crippen LogP contribution in [0.4, 0.5) is 11.4 Å². The fraction of sp³-hybridized carbons (Fsp3) is 0.349. The lowest BCUT2D eigenvalue weighted by molar-refractivity contribution is -0.139. The van der Waals surface area contributed by atoms with Gasteiger partial charge in [-0.3, -0.25) is 19.2 Å². The number of nitrogens with zero attached hydrogens (tertiary/aromatic N) is 2. The number of hydrogen-bond donors (Lipinski definition) is 2. The molecule has 0 spiro atoms. The van der Waals surface area contributed by atoms with Gasteiger partial charge in [0.1, 0.15) is 23.1 Å². The van der Waals surface area contributed by atoms with E-state index in [1.807, 2.05) is 72.8 Å². The number of benzene rings is 4. The van der Waals surface area contributed by atoms with Crippen LogP contribution >= 0.6 is 0 Å². The fourth-order valence-corrected chi connectivity index (χ4v) is 7.57. The molecule has 4 aromatic carbocycles. The first kappa shape index (κ1) is 37.1. The van der Waals surface area contributed by atoms with Gasteiger partial charge in [0.05, 0.1) is 14.2 Å². The maximum absolute atomic E-state index is 14.4. The number of hydrogen-bond acceptors (Lipinski definition) is 6. The standard InChI is InChI=1S/C43H48N4O6/c1-46(31-19-23-33(52-3)24-20-31)41(50)38(27-29-13-7-5-8-14-29)44-39(48)35-17-11-12-18-36(35)40(49)45-43(28-37(43)30-15-9-6-10-16-30)42(51)47(2)32-21-25-34(53-4)26-22-32/h5-10,13-16,19-26,35-38H,11-12,17-18,27-28H2,1-4H3,(H,44,48)(H,45,49)/t35?,36?,37?,38-,43?/m0/s1.